The molecule has 0 heterocycles. The van der Waals surface area contributed by atoms with E-state index in [1.165, 1.54) is 61.8 Å². The fourth-order valence-electron chi connectivity index (χ4n) is 11.8. The number of halogens is 2. The number of benzene rings is 3. The molecule has 0 atom stereocenters. The molecule has 0 spiro atoms. The van der Waals surface area contributed by atoms with E-state index in [0.717, 1.165) is 85.5 Å². The van der Waals surface area contributed by atoms with Crippen molar-refractivity contribution in [2.24, 2.45) is 35.5 Å². The molecule has 4 N–H and O–H groups in total. The van der Waals surface area contributed by atoms with Gasteiger partial charge < -0.3 is 20.9 Å². The zero-order valence-corrected chi connectivity index (χ0v) is 25.3. The SMILES string of the molecule is Nc1ccc(Oc2cc(C34CC5CC(CC(C5)C3)C4)c(Oc3ccc(N)c(F)c3)cc2C23CC4CC(CC(C4)C2)C3)cc1F. The number of ether oxygens (including phenoxy) is 2. The van der Waals surface area contributed by atoms with E-state index in [4.69, 9.17) is 20.9 Å². The van der Waals surface area contributed by atoms with Gasteiger partial charge >= 0.3 is 0 Å². The molecule has 8 bridgehead atoms. The van der Waals surface area contributed by atoms with Crippen molar-refractivity contribution in [1.82, 2.24) is 0 Å². The molecule has 8 fully saturated rings. The Morgan fingerprint density at radius 1 is 0.500 bits per heavy atom. The lowest BCUT2D eigenvalue weighted by Gasteiger charge is -2.58. The van der Waals surface area contributed by atoms with Crippen molar-refractivity contribution >= 4 is 11.4 Å². The summed E-state index contributed by atoms with van der Waals surface area (Å²) >= 11 is 0. The van der Waals surface area contributed by atoms with Gasteiger partial charge in [0.2, 0.25) is 0 Å². The molecule has 0 saturated heterocycles. The quantitative estimate of drug-likeness (QED) is 0.278. The van der Waals surface area contributed by atoms with Crippen molar-refractivity contribution in [3.05, 3.63) is 71.3 Å². The minimum absolute atomic E-state index is 0.000905. The second-order valence-electron chi connectivity index (χ2n) is 15.8. The lowest BCUT2D eigenvalue weighted by atomic mass is 9.47. The number of rotatable bonds is 6. The minimum Gasteiger partial charge on any atom is -0.457 e. The van der Waals surface area contributed by atoms with Gasteiger partial charge in [-0.25, -0.2) is 8.78 Å². The summed E-state index contributed by atoms with van der Waals surface area (Å²) in [5.74, 6) is 6.09. The Bertz CT molecular complexity index is 1460. The van der Waals surface area contributed by atoms with Crippen LogP contribution < -0.4 is 20.9 Å². The summed E-state index contributed by atoms with van der Waals surface area (Å²) in [6.45, 7) is 0. The highest BCUT2D eigenvalue weighted by Gasteiger charge is 2.55. The van der Waals surface area contributed by atoms with Gasteiger partial charge in [0, 0.05) is 23.3 Å². The maximum atomic E-state index is 14.7. The number of nitrogens with two attached hydrogens (primary N) is 2. The summed E-state index contributed by atoms with van der Waals surface area (Å²) in [6.07, 6.45) is 14.9. The molecule has 0 radical (unpaired) electrons. The van der Waals surface area contributed by atoms with Crippen LogP contribution in [0.4, 0.5) is 20.2 Å². The average Bonchev–Trinajstić information content (AvgIpc) is 2.96. The largest absolute Gasteiger partial charge is 0.457 e. The molecule has 8 aliphatic carbocycles. The Balaban J connectivity index is 1.23. The van der Waals surface area contributed by atoms with E-state index >= 15 is 0 Å². The van der Waals surface area contributed by atoms with Crippen molar-refractivity contribution in [2.75, 3.05) is 11.5 Å². The predicted octanol–water partition coefficient (Wildman–Crippen LogP) is 9.65. The Morgan fingerprint density at radius 3 is 1.11 bits per heavy atom. The number of hydrogen-bond donors (Lipinski definition) is 2. The van der Waals surface area contributed by atoms with Gasteiger partial charge in [0.25, 0.3) is 0 Å². The average molecular weight is 597 g/mol. The first-order valence-corrected chi connectivity index (χ1v) is 16.9. The molecular formula is C38H42F2N2O2. The highest BCUT2D eigenvalue weighted by atomic mass is 19.1. The van der Waals surface area contributed by atoms with Gasteiger partial charge in [0.15, 0.2) is 0 Å². The fraction of sp³-hybridized carbons (Fsp3) is 0.526. The lowest BCUT2D eigenvalue weighted by molar-refractivity contribution is -0.00824. The van der Waals surface area contributed by atoms with E-state index in [9.17, 15) is 8.78 Å². The third kappa shape index (κ3) is 4.34. The third-order valence-electron chi connectivity index (χ3n) is 12.7. The van der Waals surface area contributed by atoms with E-state index in [1.54, 1.807) is 24.3 Å². The van der Waals surface area contributed by atoms with Crippen molar-refractivity contribution < 1.29 is 18.3 Å². The number of anilines is 2. The Labute approximate surface area is 258 Å². The Kier molecular flexibility index (Phi) is 5.91. The van der Waals surface area contributed by atoms with E-state index in [2.05, 4.69) is 12.1 Å². The van der Waals surface area contributed by atoms with E-state index in [-0.39, 0.29) is 22.2 Å². The Morgan fingerprint density at radius 2 is 0.818 bits per heavy atom. The van der Waals surface area contributed by atoms with Crippen LogP contribution in [0.25, 0.3) is 0 Å². The van der Waals surface area contributed by atoms with E-state index in [1.807, 2.05) is 0 Å². The van der Waals surface area contributed by atoms with Crippen LogP contribution in [0.1, 0.15) is 88.2 Å². The van der Waals surface area contributed by atoms with Crippen LogP contribution in [0.5, 0.6) is 23.0 Å². The summed E-state index contributed by atoms with van der Waals surface area (Å²) in [5.41, 5.74) is 14.3. The molecular weight excluding hydrogens is 554 g/mol. The molecule has 0 aliphatic heterocycles. The number of nitrogen functional groups attached to an aromatic ring is 2. The van der Waals surface area contributed by atoms with Gasteiger partial charge in [0.1, 0.15) is 34.6 Å². The molecule has 230 valence electrons. The Hall–Kier alpha value is -3.28. The second kappa shape index (κ2) is 9.61. The fourth-order valence-corrected chi connectivity index (χ4v) is 11.8. The summed E-state index contributed by atoms with van der Waals surface area (Å²) in [5, 5.41) is 0. The first-order chi connectivity index (χ1) is 21.2. The van der Waals surface area contributed by atoms with E-state index in [0.29, 0.717) is 11.5 Å². The maximum absolute atomic E-state index is 14.7. The van der Waals surface area contributed by atoms with Crippen LogP contribution in [0.15, 0.2) is 48.5 Å². The van der Waals surface area contributed by atoms with Crippen molar-refractivity contribution in [3.63, 3.8) is 0 Å². The molecule has 0 amide bonds. The molecule has 3 aromatic rings. The molecule has 3 aromatic carbocycles. The number of hydrogen-bond acceptors (Lipinski definition) is 4. The van der Waals surface area contributed by atoms with Gasteiger partial charge in [-0.1, -0.05) is 0 Å². The van der Waals surface area contributed by atoms with Crippen LogP contribution in [0.3, 0.4) is 0 Å². The minimum atomic E-state index is -0.467. The van der Waals surface area contributed by atoms with Gasteiger partial charge in [-0.05, 0) is 160 Å². The van der Waals surface area contributed by atoms with Gasteiger partial charge in [-0.3, -0.25) is 0 Å². The maximum Gasteiger partial charge on any atom is 0.149 e. The lowest BCUT2D eigenvalue weighted by Crippen LogP contribution is -2.49. The summed E-state index contributed by atoms with van der Waals surface area (Å²) < 4.78 is 42.9. The van der Waals surface area contributed by atoms with Crippen LogP contribution in [-0.4, -0.2) is 0 Å². The molecule has 6 heteroatoms. The van der Waals surface area contributed by atoms with Crippen LogP contribution in [-0.2, 0) is 10.8 Å². The van der Waals surface area contributed by atoms with Crippen molar-refractivity contribution in [3.8, 4) is 23.0 Å². The van der Waals surface area contributed by atoms with Gasteiger partial charge in [0.05, 0.1) is 11.4 Å². The smallest absolute Gasteiger partial charge is 0.149 e. The third-order valence-corrected chi connectivity index (χ3v) is 12.7. The molecule has 0 aromatic heterocycles. The van der Waals surface area contributed by atoms with Crippen molar-refractivity contribution in [2.45, 2.75) is 87.9 Å². The first-order valence-electron chi connectivity index (χ1n) is 16.9. The predicted molar refractivity (Wildman–Crippen MR) is 168 cm³/mol. The molecule has 0 unspecified atom stereocenters. The standard InChI is InChI=1S/C38H42F2N2O2/c39-31-11-27(1-3-33(31)41)43-35-13-30(38-18-24-8-25(19-38)10-26(9-24)20-38)36(44-28-2-4-34(42)32(40)12-28)14-29(35)37-15-21-5-22(16-37)7-23(6-21)17-37/h1-4,11-14,21-26H,5-10,15-20,41-42H2. The summed E-state index contributed by atoms with van der Waals surface area (Å²) in [4.78, 5) is 0. The summed E-state index contributed by atoms with van der Waals surface area (Å²) in [7, 11) is 0. The first kappa shape index (κ1) is 27.1. The molecule has 8 saturated carbocycles. The highest BCUT2D eigenvalue weighted by molar-refractivity contribution is 5.57. The van der Waals surface area contributed by atoms with Crippen LogP contribution >= 0.6 is 0 Å². The molecule has 8 aliphatic rings. The van der Waals surface area contributed by atoms with Crippen molar-refractivity contribution in [1.29, 1.82) is 0 Å². The molecule has 4 nitrogen and oxygen atoms in total. The van der Waals surface area contributed by atoms with Gasteiger partial charge in [-0.2, -0.15) is 0 Å². The van der Waals surface area contributed by atoms with Crippen LogP contribution in [0, 0.1) is 47.1 Å². The molecule has 44 heavy (non-hydrogen) atoms. The molecule has 11 rings (SSSR count). The second-order valence-corrected chi connectivity index (χ2v) is 15.8. The zero-order valence-electron chi connectivity index (χ0n) is 25.3. The zero-order chi connectivity index (χ0) is 29.8. The normalized spacial score (nSPS) is 36.1. The highest BCUT2D eigenvalue weighted by Crippen LogP contribution is 2.65. The van der Waals surface area contributed by atoms with Crippen LogP contribution in [0.2, 0.25) is 0 Å². The van der Waals surface area contributed by atoms with E-state index < -0.39 is 11.6 Å². The van der Waals surface area contributed by atoms with Gasteiger partial charge in [-0.15, -0.1) is 0 Å². The summed E-state index contributed by atoms with van der Waals surface area (Å²) in [6, 6.07) is 14.1. The topological polar surface area (TPSA) is 70.5 Å². The monoisotopic (exact) mass is 596 g/mol.